The summed E-state index contributed by atoms with van der Waals surface area (Å²) in [6, 6.07) is 9.36. The van der Waals surface area contributed by atoms with Crippen LogP contribution in [0.25, 0.3) is 5.69 Å². The fourth-order valence-corrected chi connectivity index (χ4v) is 3.46. The molecule has 1 amide bonds. The van der Waals surface area contributed by atoms with Crippen molar-refractivity contribution in [1.29, 1.82) is 0 Å². The van der Waals surface area contributed by atoms with Crippen molar-refractivity contribution in [3.8, 4) is 5.69 Å². The van der Waals surface area contributed by atoms with Gasteiger partial charge in [-0.25, -0.2) is 13.5 Å². The predicted octanol–water partition coefficient (Wildman–Crippen LogP) is 4.59. The van der Waals surface area contributed by atoms with E-state index in [1.807, 2.05) is 13.0 Å². The first kappa shape index (κ1) is 16.7. The minimum Gasteiger partial charge on any atom is -0.310 e. The molecule has 0 radical (unpaired) electrons. The Labute approximate surface area is 153 Å². The van der Waals surface area contributed by atoms with Gasteiger partial charge in [0.25, 0.3) is 0 Å². The third kappa shape index (κ3) is 2.57. The zero-order valence-electron chi connectivity index (χ0n) is 13.8. The van der Waals surface area contributed by atoms with E-state index in [1.165, 1.54) is 12.1 Å². The van der Waals surface area contributed by atoms with E-state index in [0.29, 0.717) is 22.1 Å². The van der Waals surface area contributed by atoms with Crippen molar-refractivity contribution >= 4 is 23.3 Å². The maximum absolute atomic E-state index is 14.3. The van der Waals surface area contributed by atoms with Gasteiger partial charge in [0.2, 0.25) is 5.91 Å². The van der Waals surface area contributed by atoms with Crippen LogP contribution in [-0.4, -0.2) is 15.7 Å². The number of fused-ring (bicyclic) bond motifs is 1. The Morgan fingerprint density at radius 1 is 1.19 bits per heavy atom. The lowest BCUT2D eigenvalue weighted by atomic mass is 9.87. The van der Waals surface area contributed by atoms with Crippen molar-refractivity contribution in [1.82, 2.24) is 9.78 Å². The van der Waals surface area contributed by atoms with Gasteiger partial charge in [-0.3, -0.25) is 4.79 Å². The zero-order valence-corrected chi connectivity index (χ0v) is 14.5. The highest BCUT2D eigenvalue weighted by atomic mass is 35.5. The monoisotopic (exact) mass is 373 g/mol. The minimum atomic E-state index is -0.940. The molecule has 1 atom stereocenters. The number of carbonyl (C=O) groups excluding carboxylic acids is 1. The Bertz CT molecular complexity index is 1030. The third-order valence-electron chi connectivity index (χ3n) is 4.64. The van der Waals surface area contributed by atoms with E-state index in [1.54, 1.807) is 23.0 Å². The van der Waals surface area contributed by atoms with Gasteiger partial charge in [0.1, 0.15) is 5.82 Å². The smallest absolute Gasteiger partial charge is 0.226 e. The van der Waals surface area contributed by atoms with Gasteiger partial charge in [-0.2, -0.15) is 5.10 Å². The van der Waals surface area contributed by atoms with E-state index in [-0.39, 0.29) is 17.9 Å². The van der Waals surface area contributed by atoms with Gasteiger partial charge in [-0.05, 0) is 36.2 Å². The molecular weight excluding hydrogens is 360 g/mol. The highest BCUT2D eigenvalue weighted by Gasteiger charge is 2.32. The number of rotatable bonds is 2. The summed E-state index contributed by atoms with van der Waals surface area (Å²) in [5, 5.41) is 7.72. The van der Waals surface area contributed by atoms with Gasteiger partial charge < -0.3 is 5.32 Å². The molecular formula is C19H14ClF2N3O. The number of amides is 1. The van der Waals surface area contributed by atoms with Crippen LogP contribution in [0, 0.1) is 18.6 Å². The molecule has 4 rings (SSSR count). The highest BCUT2D eigenvalue weighted by molar-refractivity contribution is 6.31. The lowest BCUT2D eigenvalue weighted by molar-refractivity contribution is -0.116. The number of carbonyl (C=O) groups is 1. The van der Waals surface area contributed by atoms with Crippen LogP contribution in [0.3, 0.4) is 0 Å². The minimum absolute atomic E-state index is 0.0214. The van der Waals surface area contributed by atoms with Crippen molar-refractivity contribution in [3.63, 3.8) is 0 Å². The van der Waals surface area contributed by atoms with Crippen LogP contribution in [0.4, 0.5) is 14.6 Å². The summed E-state index contributed by atoms with van der Waals surface area (Å²) in [5.41, 5.74) is 2.28. The van der Waals surface area contributed by atoms with Gasteiger partial charge in [0.05, 0.1) is 11.9 Å². The summed E-state index contributed by atoms with van der Waals surface area (Å²) in [6.07, 6.45) is 1.59. The molecule has 4 nitrogen and oxygen atoms in total. The lowest BCUT2D eigenvalue weighted by Gasteiger charge is -2.24. The quantitative estimate of drug-likeness (QED) is 0.714. The Morgan fingerprint density at radius 3 is 2.77 bits per heavy atom. The zero-order chi connectivity index (χ0) is 18.4. The lowest BCUT2D eigenvalue weighted by Crippen LogP contribution is -2.25. The number of nitrogens with one attached hydrogen (secondary N) is 1. The molecule has 132 valence electrons. The molecule has 1 N–H and O–H groups in total. The maximum Gasteiger partial charge on any atom is 0.226 e. The molecule has 1 aliphatic heterocycles. The molecule has 2 aromatic carbocycles. The van der Waals surface area contributed by atoms with Crippen LogP contribution in [0.2, 0.25) is 5.02 Å². The molecule has 1 aliphatic rings. The van der Waals surface area contributed by atoms with E-state index < -0.39 is 17.6 Å². The number of hydrogen-bond acceptors (Lipinski definition) is 2. The number of halogens is 3. The van der Waals surface area contributed by atoms with E-state index in [4.69, 9.17) is 11.6 Å². The highest BCUT2D eigenvalue weighted by Crippen LogP contribution is 2.39. The number of aromatic nitrogens is 2. The molecule has 2 heterocycles. The first-order valence-corrected chi connectivity index (χ1v) is 8.42. The summed E-state index contributed by atoms with van der Waals surface area (Å²) < 4.78 is 29.5. The largest absolute Gasteiger partial charge is 0.310 e. The second kappa shape index (κ2) is 6.21. The molecule has 3 aromatic rings. The van der Waals surface area contributed by atoms with Gasteiger partial charge in [-0.1, -0.05) is 29.8 Å². The Morgan fingerprint density at radius 2 is 1.96 bits per heavy atom. The van der Waals surface area contributed by atoms with Crippen LogP contribution in [-0.2, 0) is 4.79 Å². The summed E-state index contributed by atoms with van der Waals surface area (Å²) in [4.78, 5) is 12.2. The van der Waals surface area contributed by atoms with Crippen molar-refractivity contribution in [2.75, 3.05) is 5.32 Å². The summed E-state index contributed by atoms with van der Waals surface area (Å²) in [5.74, 6) is -2.33. The fourth-order valence-electron chi connectivity index (χ4n) is 3.29. The fraction of sp³-hybridized carbons (Fsp3) is 0.158. The van der Waals surface area contributed by atoms with E-state index >= 15 is 0 Å². The molecule has 0 aliphatic carbocycles. The normalized spacial score (nSPS) is 16.3. The van der Waals surface area contributed by atoms with E-state index in [9.17, 15) is 13.6 Å². The standard InChI is InChI=1S/C19H14ClF2N3O/c1-10-14(20)5-3-7-16(10)25-19-13(9-23-25)12(8-17(26)24-19)11-4-2-6-15(21)18(11)22/h2-7,9,12H,8H2,1H3,(H,24,26)/t12-/m0/s1. The Balaban J connectivity index is 1.88. The topological polar surface area (TPSA) is 46.9 Å². The summed E-state index contributed by atoms with van der Waals surface area (Å²) in [6.45, 7) is 1.85. The third-order valence-corrected chi connectivity index (χ3v) is 5.05. The van der Waals surface area contributed by atoms with Crippen LogP contribution < -0.4 is 5.32 Å². The van der Waals surface area contributed by atoms with Gasteiger partial charge >= 0.3 is 0 Å². The molecule has 0 fully saturated rings. The average molecular weight is 374 g/mol. The SMILES string of the molecule is Cc1c(Cl)cccc1-n1ncc2c1NC(=O)C[C@H]2c1cccc(F)c1F. The van der Waals surface area contributed by atoms with Crippen LogP contribution >= 0.6 is 11.6 Å². The first-order chi connectivity index (χ1) is 12.5. The summed E-state index contributed by atoms with van der Waals surface area (Å²) >= 11 is 6.19. The van der Waals surface area contributed by atoms with Crippen molar-refractivity contribution < 1.29 is 13.6 Å². The molecule has 0 spiro atoms. The molecule has 0 unspecified atom stereocenters. The van der Waals surface area contributed by atoms with Crippen molar-refractivity contribution in [3.05, 3.63) is 75.9 Å². The Kier molecular flexibility index (Phi) is 4.00. The molecule has 0 bridgehead atoms. The maximum atomic E-state index is 14.3. The number of nitrogens with zero attached hydrogens (tertiary/aromatic N) is 2. The first-order valence-electron chi connectivity index (χ1n) is 8.04. The average Bonchev–Trinajstić information content (AvgIpc) is 3.03. The van der Waals surface area contributed by atoms with E-state index in [2.05, 4.69) is 10.4 Å². The van der Waals surface area contributed by atoms with Gasteiger partial charge in [0.15, 0.2) is 11.6 Å². The van der Waals surface area contributed by atoms with Crippen molar-refractivity contribution in [2.24, 2.45) is 0 Å². The molecule has 1 aromatic heterocycles. The van der Waals surface area contributed by atoms with Gasteiger partial charge in [0, 0.05) is 22.9 Å². The molecule has 7 heteroatoms. The second-order valence-corrected chi connectivity index (χ2v) is 6.60. The molecule has 0 saturated heterocycles. The number of benzene rings is 2. The van der Waals surface area contributed by atoms with Crippen LogP contribution in [0.1, 0.15) is 29.0 Å². The van der Waals surface area contributed by atoms with Crippen LogP contribution in [0.5, 0.6) is 0 Å². The molecule has 0 saturated carbocycles. The molecule has 26 heavy (non-hydrogen) atoms. The van der Waals surface area contributed by atoms with Crippen molar-refractivity contribution in [2.45, 2.75) is 19.3 Å². The van der Waals surface area contributed by atoms with Gasteiger partial charge in [-0.15, -0.1) is 0 Å². The number of anilines is 1. The number of hydrogen-bond donors (Lipinski definition) is 1. The summed E-state index contributed by atoms with van der Waals surface area (Å²) in [7, 11) is 0. The predicted molar refractivity (Wildman–Crippen MR) is 94.8 cm³/mol. The second-order valence-electron chi connectivity index (χ2n) is 6.19. The van der Waals surface area contributed by atoms with E-state index in [0.717, 1.165) is 11.6 Å². The Hall–Kier alpha value is -2.73. The van der Waals surface area contributed by atoms with Crippen LogP contribution in [0.15, 0.2) is 42.6 Å².